The first kappa shape index (κ1) is 23.0. The summed E-state index contributed by atoms with van der Waals surface area (Å²) in [5.41, 5.74) is 3.97. The van der Waals surface area contributed by atoms with Crippen molar-refractivity contribution in [2.24, 2.45) is 5.73 Å². The highest BCUT2D eigenvalue weighted by molar-refractivity contribution is 5.96. The first-order chi connectivity index (χ1) is 11.3. The Bertz CT molecular complexity index is 585. The van der Waals surface area contributed by atoms with E-state index in [-0.39, 0.29) is 43.6 Å². The molecule has 0 saturated carbocycles. The van der Waals surface area contributed by atoms with Gasteiger partial charge in [-0.1, -0.05) is 0 Å². The summed E-state index contributed by atoms with van der Waals surface area (Å²) in [5.74, 6) is -1.22. The summed E-state index contributed by atoms with van der Waals surface area (Å²) in [6.45, 7) is -0.415. The summed E-state index contributed by atoms with van der Waals surface area (Å²) < 4.78 is 48.5. The Balaban J connectivity index is 0.00000576. The van der Waals surface area contributed by atoms with Crippen molar-refractivity contribution in [2.75, 3.05) is 38.7 Å². The molecule has 1 aromatic carbocycles. The molecule has 2 amide bonds. The van der Waals surface area contributed by atoms with E-state index in [4.69, 9.17) is 15.2 Å². The van der Waals surface area contributed by atoms with Gasteiger partial charge in [0.25, 0.3) is 0 Å². The molecule has 0 bridgehead atoms. The SMILES string of the molecule is COCCOc1ccc(C(F)(F)F)cc1NC(=O)CNC(=O)CN.Cl. The van der Waals surface area contributed by atoms with Crippen LogP contribution in [0.3, 0.4) is 0 Å². The smallest absolute Gasteiger partial charge is 0.416 e. The molecule has 0 heterocycles. The zero-order chi connectivity index (χ0) is 18.2. The van der Waals surface area contributed by atoms with Crippen molar-refractivity contribution in [3.05, 3.63) is 23.8 Å². The number of carbonyl (C=O) groups excluding carboxylic acids is 2. The summed E-state index contributed by atoms with van der Waals surface area (Å²) in [5, 5.41) is 4.48. The van der Waals surface area contributed by atoms with E-state index >= 15 is 0 Å². The number of nitrogens with one attached hydrogen (secondary N) is 2. The van der Waals surface area contributed by atoms with Crippen LogP contribution < -0.4 is 21.1 Å². The average Bonchev–Trinajstić information content (AvgIpc) is 2.53. The van der Waals surface area contributed by atoms with Crippen molar-refractivity contribution in [1.82, 2.24) is 5.32 Å². The topological polar surface area (TPSA) is 103 Å². The standard InChI is InChI=1S/C14H18F3N3O4.ClH/c1-23-4-5-24-11-3-2-9(14(15,16)17)6-10(11)20-13(22)8-19-12(21)7-18;/h2-3,6H,4-5,7-8,18H2,1H3,(H,19,21)(H,20,22);1H. The Hall–Kier alpha value is -2.04. The van der Waals surface area contributed by atoms with E-state index in [9.17, 15) is 22.8 Å². The molecule has 142 valence electrons. The normalized spacial score (nSPS) is 10.6. The fraction of sp³-hybridized carbons (Fsp3) is 0.429. The molecule has 0 aliphatic carbocycles. The van der Waals surface area contributed by atoms with Crippen LogP contribution in [0.1, 0.15) is 5.56 Å². The van der Waals surface area contributed by atoms with Crippen LogP contribution in [0.15, 0.2) is 18.2 Å². The second-order valence-corrected chi connectivity index (χ2v) is 4.58. The third-order valence-electron chi connectivity index (χ3n) is 2.76. The average molecular weight is 386 g/mol. The monoisotopic (exact) mass is 385 g/mol. The molecule has 0 aromatic heterocycles. The molecule has 0 spiro atoms. The lowest BCUT2D eigenvalue weighted by Crippen LogP contribution is -2.36. The summed E-state index contributed by atoms with van der Waals surface area (Å²) in [6.07, 6.45) is -4.57. The quantitative estimate of drug-likeness (QED) is 0.583. The fourth-order valence-corrected chi connectivity index (χ4v) is 1.61. The minimum Gasteiger partial charge on any atom is -0.489 e. The molecular formula is C14H19ClF3N3O4. The van der Waals surface area contributed by atoms with E-state index in [2.05, 4.69) is 10.6 Å². The van der Waals surface area contributed by atoms with Crippen molar-refractivity contribution in [3.63, 3.8) is 0 Å². The number of ether oxygens (including phenoxy) is 2. The van der Waals surface area contributed by atoms with E-state index in [0.717, 1.165) is 18.2 Å². The van der Waals surface area contributed by atoms with E-state index < -0.39 is 30.1 Å². The number of carbonyl (C=O) groups is 2. The van der Waals surface area contributed by atoms with Gasteiger partial charge < -0.3 is 25.8 Å². The van der Waals surface area contributed by atoms with Gasteiger partial charge in [0.15, 0.2) is 0 Å². The molecule has 0 aliphatic rings. The van der Waals surface area contributed by atoms with Gasteiger partial charge in [-0.05, 0) is 18.2 Å². The maximum Gasteiger partial charge on any atom is 0.416 e. The summed E-state index contributed by atoms with van der Waals surface area (Å²) in [7, 11) is 1.44. The highest BCUT2D eigenvalue weighted by Crippen LogP contribution is 2.35. The zero-order valence-corrected chi connectivity index (χ0v) is 14.1. The number of hydrogen-bond donors (Lipinski definition) is 3. The van der Waals surface area contributed by atoms with Crippen molar-refractivity contribution in [3.8, 4) is 5.75 Å². The van der Waals surface area contributed by atoms with Gasteiger partial charge in [-0.3, -0.25) is 9.59 Å². The molecule has 0 saturated heterocycles. The number of methoxy groups -OCH3 is 1. The number of anilines is 1. The Morgan fingerprint density at radius 1 is 1.20 bits per heavy atom. The van der Waals surface area contributed by atoms with Crippen LogP contribution in [0, 0.1) is 0 Å². The van der Waals surface area contributed by atoms with Gasteiger partial charge in [-0.2, -0.15) is 13.2 Å². The Morgan fingerprint density at radius 3 is 2.44 bits per heavy atom. The molecule has 1 rings (SSSR count). The van der Waals surface area contributed by atoms with Crippen LogP contribution in [0.5, 0.6) is 5.75 Å². The van der Waals surface area contributed by atoms with Gasteiger partial charge in [0.05, 0.1) is 30.9 Å². The lowest BCUT2D eigenvalue weighted by Gasteiger charge is -2.15. The molecule has 7 nitrogen and oxygen atoms in total. The highest BCUT2D eigenvalue weighted by Gasteiger charge is 2.31. The van der Waals surface area contributed by atoms with E-state index in [1.54, 1.807) is 0 Å². The van der Waals surface area contributed by atoms with Crippen LogP contribution >= 0.6 is 12.4 Å². The second kappa shape index (κ2) is 10.7. The second-order valence-electron chi connectivity index (χ2n) is 4.58. The predicted molar refractivity (Wildman–Crippen MR) is 86.8 cm³/mol. The number of rotatable bonds is 8. The lowest BCUT2D eigenvalue weighted by atomic mass is 10.1. The Kier molecular flexibility index (Phi) is 9.87. The minimum atomic E-state index is -4.57. The molecule has 0 fully saturated rings. The number of amides is 2. The summed E-state index contributed by atoms with van der Waals surface area (Å²) in [6, 6.07) is 2.70. The summed E-state index contributed by atoms with van der Waals surface area (Å²) >= 11 is 0. The highest BCUT2D eigenvalue weighted by atomic mass is 35.5. The van der Waals surface area contributed by atoms with Crippen molar-refractivity contribution >= 4 is 29.9 Å². The molecule has 0 unspecified atom stereocenters. The van der Waals surface area contributed by atoms with Crippen LogP contribution in [0.2, 0.25) is 0 Å². The molecule has 11 heteroatoms. The molecule has 0 atom stereocenters. The largest absolute Gasteiger partial charge is 0.489 e. The van der Waals surface area contributed by atoms with Gasteiger partial charge in [0.2, 0.25) is 11.8 Å². The number of nitrogens with two attached hydrogens (primary N) is 1. The lowest BCUT2D eigenvalue weighted by molar-refractivity contribution is -0.137. The van der Waals surface area contributed by atoms with Crippen LogP contribution in [0.4, 0.5) is 18.9 Å². The predicted octanol–water partition coefficient (Wildman–Crippen LogP) is 1.17. The van der Waals surface area contributed by atoms with Gasteiger partial charge in [0.1, 0.15) is 12.4 Å². The van der Waals surface area contributed by atoms with Gasteiger partial charge >= 0.3 is 6.18 Å². The van der Waals surface area contributed by atoms with Gasteiger partial charge in [-0.25, -0.2) is 0 Å². The maximum absolute atomic E-state index is 12.8. The molecule has 25 heavy (non-hydrogen) atoms. The number of alkyl halides is 3. The fourth-order valence-electron chi connectivity index (χ4n) is 1.61. The van der Waals surface area contributed by atoms with E-state index in [1.165, 1.54) is 7.11 Å². The number of benzene rings is 1. The van der Waals surface area contributed by atoms with Gasteiger partial charge in [0, 0.05) is 7.11 Å². The van der Waals surface area contributed by atoms with Crippen molar-refractivity contribution < 1.29 is 32.2 Å². The van der Waals surface area contributed by atoms with Crippen LogP contribution in [0.25, 0.3) is 0 Å². The molecule has 0 radical (unpaired) electrons. The Morgan fingerprint density at radius 2 is 1.88 bits per heavy atom. The first-order valence-electron chi connectivity index (χ1n) is 6.87. The number of hydrogen-bond acceptors (Lipinski definition) is 5. The van der Waals surface area contributed by atoms with Crippen molar-refractivity contribution in [1.29, 1.82) is 0 Å². The minimum absolute atomic E-state index is 0. The molecule has 0 aliphatic heterocycles. The molecule has 4 N–H and O–H groups in total. The summed E-state index contributed by atoms with van der Waals surface area (Å²) in [4.78, 5) is 22.7. The van der Waals surface area contributed by atoms with Crippen LogP contribution in [-0.4, -0.2) is 45.2 Å². The van der Waals surface area contributed by atoms with E-state index in [0.29, 0.717) is 0 Å². The molecular weight excluding hydrogens is 367 g/mol. The van der Waals surface area contributed by atoms with Gasteiger partial charge in [-0.15, -0.1) is 12.4 Å². The van der Waals surface area contributed by atoms with Crippen molar-refractivity contribution in [2.45, 2.75) is 6.18 Å². The zero-order valence-electron chi connectivity index (χ0n) is 13.3. The third kappa shape index (κ3) is 8.05. The molecule has 1 aromatic rings. The maximum atomic E-state index is 12.8. The van der Waals surface area contributed by atoms with E-state index in [1.807, 2.05) is 0 Å². The third-order valence-corrected chi connectivity index (χ3v) is 2.76. The first-order valence-corrected chi connectivity index (χ1v) is 6.87. The van der Waals surface area contributed by atoms with Crippen LogP contribution in [-0.2, 0) is 20.5 Å². The Labute approximate surface area is 148 Å². The number of halogens is 4.